The molecule has 7 nitrogen and oxygen atoms in total. The second kappa shape index (κ2) is 9.79. The number of nitrogens with one attached hydrogen (secondary N) is 2. The van der Waals surface area contributed by atoms with Gasteiger partial charge in [-0.15, -0.1) is 0 Å². The Balaban J connectivity index is 1.31. The van der Waals surface area contributed by atoms with Crippen molar-refractivity contribution in [3.63, 3.8) is 0 Å². The summed E-state index contributed by atoms with van der Waals surface area (Å²) < 4.78 is 11.5. The summed E-state index contributed by atoms with van der Waals surface area (Å²) in [7, 11) is 3.48. The number of carbonyl (C=O) groups excluding carboxylic acids is 1. The Bertz CT molecular complexity index is 819. The highest BCUT2D eigenvalue weighted by molar-refractivity contribution is 5.81. The van der Waals surface area contributed by atoms with Crippen molar-refractivity contribution in [2.75, 3.05) is 27.2 Å². The normalized spacial score (nSPS) is 24.0. The van der Waals surface area contributed by atoms with Gasteiger partial charge < -0.3 is 25.0 Å². The van der Waals surface area contributed by atoms with Gasteiger partial charge in [-0.05, 0) is 38.3 Å². The number of hydrogen-bond acceptors (Lipinski definition) is 4. The molecule has 0 aromatic heterocycles. The number of rotatable bonds is 5. The first-order chi connectivity index (χ1) is 15.1. The van der Waals surface area contributed by atoms with Gasteiger partial charge in [-0.25, -0.2) is 0 Å². The second-order valence-corrected chi connectivity index (χ2v) is 9.08. The number of aliphatic imine (C=N–C) groups is 1. The van der Waals surface area contributed by atoms with Gasteiger partial charge in [0.1, 0.15) is 17.6 Å². The van der Waals surface area contributed by atoms with Gasteiger partial charge in [-0.1, -0.05) is 19.3 Å². The van der Waals surface area contributed by atoms with Gasteiger partial charge >= 0.3 is 0 Å². The van der Waals surface area contributed by atoms with Crippen molar-refractivity contribution < 1.29 is 14.3 Å². The van der Waals surface area contributed by atoms with Crippen LogP contribution in [0.15, 0.2) is 17.1 Å². The number of guanidine groups is 1. The highest BCUT2D eigenvalue weighted by atomic mass is 16.5. The molecule has 0 bridgehead atoms. The second-order valence-electron chi connectivity index (χ2n) is 9.08. The lowest BCUT2D eigenvalue weighted by molar-refractivity contribution is -0.135. The van der Waals surface area contributed by atoms with E-state index in [2.05, 4.69) is 34.7 Å². The summed E-state index contributed by atoms with van der Waals surface area (Å²) in [6.07, 6.45) is 7.85. The summed E-state index contributed by atoms with van der Waals surface area (Å²) in [5.74, 6) is 3.14. The van der Waals surface area contributed by atoms with Crippen LogP contribution in [-0.4, -0.2) is 56.2 Å². The van der Waals surface area contributed by atoms with Crippen molar-refractivity contribution in [1.82, 2.24) is 15.5 Å². The lowest BCUT2D eigenvalue weighted by Crippen LogP contribution is -2.45. The molecule has 4 rings (SSSR count). The zero-order valence-electron chi connectivity index (χ0n) is 19.1. The highest BCUT2D eigenvalue weighted by Gasteiger charge is 2.32. The van der Waals surface area contributed by atoms with Crippen LogP contribution in [0.3, 0.4) is 0 Å². The highest BCUT2D eigenvalue weighted by Crippen LogP contribution is 2.35. The van der Waals surface area contributed by atoms with Crippen molar-refractivity contribution >= 4 is 11.9 Å². The van der Waals surface area contributed by atoms with E-state index in [4.69, 9.17) is 9.47 Å². The molecule has 1 saturated heterocycles. The largest absolute Gasteiger partial charge is 0.496 e. The van der Waals surface area contributed by atoms with Gasteiger partial charge in [0, 0.05) is 56.2 Å². The maximum atomic E-state index is 12.8. The predicted molar refractivity (Wildman–Crippen MR) is 122 cm³/mol. The van der Waals surface area contributed by atoms with Crippen LogP contribution in [0.4, 0.5) is 0 Å². The first-order valence-corrected chi connectivity index (χ1v) is 11.7. The van der Waals surface area contributed by atoms with Crippen molar-refractivity contribution in [1.29, 1.82) is 0 Å². The summed E-state index contributed by atoms with van der Waals surface area (Å²) >= 11 is 0. The molecule has 3 aliphatic rings. The molecule has 7 heteroatoms. The fourth-order valence-electron chi connectivity index (χ4n) is 5.06. The average Bonchev–Trinajstić information content (AvgIpc) is 3.41. The lowest BCUT2D eigenvalue weighted by atomic mass is 9.88. The Morgan fingerprint density at radius 1 is 1.26 bits per heavy atom. The SMILES string of the molecule is CN=C(NCc1cc2c(cc1OC)CC(C)O2)NC1CCN(C(=O)C2CCCCC2)C1. The minimum absolute atomic E-state index is 0.207. The summed E-state index contributed by atoms with van der Waals surface area (Å²) in [6.45, 7) is 4.26. The Hall–Kier alpha value is -2.44. The molecule has 1 aromatic rings. The van der Waals surface area contributed by atoms with Crippen LogP contribution in [0, 0.1) is 5.92 Å². The molecule has 0 radical (unpaired) electrons. The molecular formula is C24H36N4O3. The van der Waals surface area contributed by atoms with E-state index in [-0.39, 0.29) is 18.1 Å². The van der Waals surface area contributed by atoms with E-state index in [0.29, 0.717) is 12.5 Å². The molecular weight excluding hydrogens is 392 g/mol. The predicted octanol–water partition coefficient (Wildman–Crippen LogP) is 2.86. The molecule has 1 aromatic carbocycles. The third kappa shape index (κ3) is 5.08. The smallest absolute Gasteiger partial charge is 0.225 e. The third-order valence-electron chi connectivity index (χ3n) is 6.76. The Kier molecular flexibility index (Phi) is 6.88. The number of ether oxygens (including phenoxy) is 2. The molecule has 2 N–H and O–H groups in total. The maximum Gasteiger partial charge on any atom is 0.225 e. The summed E-state index contributed by atoms with van der Waals surface area (Å²) in [6, 6.07) is 4.38. The zero-order chi connectivity index (χ0) is 21.8. The minimum atomic E-state index is 0.207. The van der Waals surface area contributed by atoms with E-state index in [9.17, 15) is 4.79 Å². The van der Waals surface area contributed by atoms with Crippen LogP contribution in [-0.2, 0) is 17.8 Å². The quantitative estimate of drug-likeness (QED) is 0.557. The van der Waals surface area contributed by atoms with E-state index < -0.39 is 0 Å². The number of hydrogen-bond donors (Lipinski definition) is 2. The number of carbonyl (C=O) groups is 1. The molecule has 1 aliphatic carbocycles. The Morgan fingerprint density at radius 2 is 2.06 bits per heavy atom. The number of methoxy groups -OCH3 is 1. The van der Waals surface area contributed by atoms with Crippen LogP contribution < -0.4 is 20.1 Å². The van der Waals surface area contributed by atoms with E-state index >= 15 is 0 Å². The molecule has 2 atom stereocenters. The summed E-state index contributed by atoms with van der Waals surface area (Å²) in [5.41, 5.74) is 2.24. The zero-order valence-corrected chi connectivity index (χ0v) is 19.1. The number of benzene rings is 1. The molecule has 170 valence electrons. The Labute approximate surface area is 185 Å². The van der Waals surface area contributed by atoms with Gasteiger partial charge in [0.05, 0.1) is 7.11 Å². The van der Waals surface area contributed by atoms with Gasteiger partial charge in [0.25, 0.3) is 0 Å². The van der Waals surface area contributed by atoms with Crippen LogP contribution >= 0.6 is 0 Å². The number of fused-ring (bicyclic) bond motifs is 1. The number of nitrogens with zero attached hydrogens (tertiary/aromatic N) is 2. The van der Waals surface area contributed by atoms with Gasteiger partial charge in [-0.2, -0.15) is 0 Å². The molecule has 0 spiro atoms. The molecule has 2 fully saturated rings. The third-order valence-corrected chi connectivity index (χ3v) is 6.76. The van der Waals surface area contributed by atoms with Crippen LogP contribution in [0.2, 0.25) is 0 Å². The minimum Gasteiger partial charge on any atom is -0.496 e. The fourth-order valence-corrected chi connectivity index (χ4v) is 5.06. The molecule has 1 amide bonds. The van der Waals surface area contributed by atoms with Crippen molar-refractivity contribution in [2.45, 2.75) is 70.6 Å². The molecule has 2 aliphatic heterocycles. The first-order valence-electron chi connectivity index (χ1n) is 11.7. The number of likely N-dealkylation sites (tertiary alicyclic amines) is 1. The summed E-state index contributed by atoms with van der Waals surface area (Å²) in [4.78, 5) is 19.3. The average molecular weight is 429 g/mol. The first kappa shape index (κ1) is 21.8. The van der Waals surface area contributed by atoms with E-state index in [0.717, 1.165) is 61.8 Å². The van der Waals surface area contributed by atoms with E-state index in [1.807, 2.05) is 4.90 Å². The standard InChI is InChI=1S/C24H36N4O3/c1-16-11-18-12-21(30-3)19(13-22(18)31-16)14-26-24(25-2)27-20-9-10-28(15-20)23(29)17-7-5-4-6-8-17/h12-13,16-17,20H,4-11,14-15H2,1-3H3,(H2,25,26,27). The van der Waals surface area contributed by atoms with Gasteiger partial charge in [0.15, 0.2) is 5.96 Å². The van der Waals surface area contributed by atoms with Gasteiger partial charge in [0.2, 0.25) is 5.91 Å². The molecule has 2 unspecified atom stereocenters. The fraction of sp³-hybridized carbons (Fsp3) is 0.667. The molecule has 1 saturated carbocycles. The Morgan fingerprint density at radius 3 is 2.81 bits per heavy atom. The topological polar surface area (TPSA) is 75.2 Å². The van der Waals surface area contributed by atoms with Crippen LogP contribution in [0.1, 0.15) is 56.6 Å². The van der Waals surface area contributed by atoms with Crippen LogP contribution in [0.5, 0.6) is 11.5 Å². The maximum absolute atomic E-state index is 12.8. The monoisotopic (exact) mass is 428 g/mol. The van der Waals surface area contributed by atoms with E-state index in [1.165, 1.54) is 24.8 Å². The van der Waals surface area contributed by atoms with E-state index in [1.54, 1.807) is 14.2 Å². The van der Waals surface area contributed by atoms with Gasteiger partial charge in [-0.3, -0.25) is 9.79 Å². The lowest BCUT2D eigenvalue weighted by Gasteiger charge is -2.26. The van der Waals surface area contributed by atoms with Crippen molar-refractivity contribution in [3.05, 3.63) is 23.3 Å². The molecule has 2 heterocycles. The number of amides is 1. The van der Waals surface area contributed by atoms with Crippen molar-refractivity contribution in [2.24, 2.45) is 10.9 Å². The van der Waals surface area contributed by atoms with Crippen molar-refractivity contribution in [3.8, 4) is 11.5 Å². The molecule has 31 heavy (non-hydrogen) atoms. The summed E-state index contributed by atoms with van der Waals surface area (Å²) in [5, 5.41) is 6.89. The van der Waals surface area contributed by atoms with Crippen LogP contribution in [0.25, 0.3) is 0 Å².